The molecule has 28 heavy (non-hydrogen) atoms. The largest absolute Gasteiger partial charge is 0.483 e. The normalized spacial score (nSPS) is 10.2. The van der Waals surface area contributed by atoms with E-state index in [1.165, 1.54) is 0 Å². The van der Waals surface area contributed by atoms with Crippen molar-refractivity contribution in [2.24, 2.45) is 0 Å². The molecular formula is C21H18BrN3O3. The highest BCUT2D eigenvalue weighted by Crippen LogP contribution is 2.20. The van der Waals surface area contributed by atoms with E-state index in [1.54, 1.807) is 48.7 Å². The Hall–Kier alpha value is -3.19. The molecule has 0 radical (unpaired) electrons. The van der Waals surface area contributed by atoms with Gasteiger partial charge in [0, 0.05) is 16.4 Å². The number of carbonyl (C=O) groups excluding carboxylic acids is 2. The molecule has 7 heteroatoms. The van der Waals surface area contributed by atoms with Crippen molar-refractivity contribution in [1.82, 2.24) is 4.98 Å². The minimum absolute atomic E-state index is 0.219. The Kier molecular flexibility index (Phi) is 6.39. The van der Waals surface area contributed by atoms with Gasteiger partial charge in [0.2, 0.25) is 0 Å². The molecule has 3 aromatic rings. The molecule has 3 rings (SSSR count). The number of anilines is 2. The summed E-state index contributed by atoms with van der Waals surface area (Å²) in [6, 6.07) is 17.6. The third-order valence-corrected chi connectivity index (χ3v) is 4.30. The van der Waals surface area contributed by atoms with Crippen LogP contribution in [0.3, 0.4) is 0 Å². The van der Waals surface area contributed by atoms with E-state index in [0.717, 1.165) is 10.0 Å². The molecule has 2 amide bonds. The topological polar surface area (TPSA) is 80.3 Å². The van der Waals surface area contributed by atoms with Crippen LogP contribution in [-0.4, -0.2) is 23.4 Å². The second-order valence-corrected chi connectivity index (χ2v) is 6.93. The summed E-state index contributed by atoms with van der Waals surface area (Å²) in [6.07, 6.45) is 1.62. The van der Waals surface area contributed by atoms with Gasteiger partial charge in [0.1, 0.15) is 11.6 Å². The smallest absolute Gasteiger partial charge is 0.262 e. The van der Waals surface area contributed by atoms with Crippen molar-refractivity contribution < 1.29 is 14.3 Å². The Bertz CT molecular complexity index is 990. The number of amides is 2. The fourth-order valence-electron chi connectivity index (χ4n) is 2.44. The number of ether oxygens (including phenoxy) is 1. The fourth-order valence-corrected chi connectivity index (χ4v) is 2.71. The summed E-state index contributed by atoms with van der Waals surface area (Å²) in [5.74, 6) is 0.0892. The van der Waals surface area contributed by atoms with Gasteiger partial charge >= 0.3 is 0 Å². The molecular weight excluding hydrogens is 422 g/mol. The summed E-state index contributed by atoms with van der Waals surface area (Å²) >= 11 is 3.34. The average molecular weight is 440 g/mol. The number of hydrogen-bond donors (Lipinski definition) is 2. The highest BCUT2D eigenvalue weighted by molar-refractivity contribution is 9.10. The van der Waals surface area contributed by atoms with Crippen LogP contribution in [0.1, 0.15) is 15.9 Å². The van der Waals surface area contributed by atoms with E-state index in [1.807, 2.05) is 25.1 Å². The molecule has 2 N–H and O–H groups in total. The van der Waals surface area contributed by atoms with Crippen molar-refractivity contribution in [2.45, 2.75) is 6.92 Å². The number of halogens is 1. The SMILES string of the molecule is Cc1ccnc(NC(=O)c2ccccc2OCC(=O)Nc2ccc(Br)cc2)c1. The van der Waals surface area contributed by atoms with Gasteiger partial charge in [-0.1, -0.05) is 28.1 Å². The summed E-state index contributed by atoms with van der Waals surface area (Å²) in [6.45, 7) is 1.70. The summed E-state index contributed by atoms with van der Waals surface area (Å²) < 4.78 is 6.50. The molecule has 0 aliphatic heterocycles. The van der Waals surface area contributed by atoms with Crippen LogP contribution in [0.2, 0.25) is 0 Å². The summed E-state index contributed by atoms with van der Waals surface area (Å²) in [4.78, 5) is 28.8. The minimum atomic E-state index is -0.359. The monoisotopic (exact) mass is 439 g/mol. The number of hydrogen-bond acceptors (Lipinski definition) is 4. The van der Waals surface area contributed by atoms with E-state index in [9.17, 15) is 9.59 Å². The van der Waals surface area contributed by atoms with E-state index < -0.39 is 0 Å². The second-order valence-electron chi connectivity index (χ2n) is 6.01. The molecule has 0 saturated carbocycles. The van der Waals surface area contributed by atoms with Gasteiger partial charge in [-0.15, -0.1) is 0 Å². The maximum absolute atomic E-state index is 12.6. The highest BCUT2D eigenvalue weighted by Gasteiger charge is 2.14. The predicted molar refractivity (Wildman–Crippen MR) is 112 cm³/mol. The Balaban J connectivity index is 1.64. The van der Waals surface area contributed by atoms with E-state index in [2.05, 4.69) is 31.5 Å². The zero-order valence-electron chi connectivity index (χ0n) is 15.1. The number of benzene rings is 2. The van der Waals surface area contributed by atoms with E-state index in [-0.39, 0.29) is 18.4 Å². The van der Waals surface area contributed by atoms with Crippen molar-refractivity contribution in [1.29, 1.82) is 0 Å². The first-order chi connectivity index (χ1) is 13.5. The number of carbonyl (C=O) groups is 2. The lowest BCUT2D eigenvalue weighted by atomic mass is 10.2. The first-order valence-electron chi connectivity index (χ1n) is 8.52. The van der Waals surface area contributed by atoms with Crippen LogP contribution in [-0.2, 0) is 4.79 Å². The molecule has 1 heterocycles. The van der Waals surface area contributed by atoms with Crippen LogP contribution in [0, 0.1) is 6.92 Å². The first-order valence-corrected chi connectivity index (χ1v) is 9.32. The van der Waals surface area contributed by atoms with Crippen LogP contribution < -0.4 is 15.4 Å². The molecule has 6 nitrogen and oxygen atoms in total. The Morgan fingerprint density at radius 3 is 2.54 bits per heavy atom. The minimum Gasteiger partial charge on any atom is -0.483 e. The van der Waals surface area contributed by atoms with Crippen LogP contribution in [0.5, 0.6) is 5.75 Å². The van der Waals surface area contributed by atoms with Crippen molar-refractivity contribution in [3.8, 4) is 5.75 Å². The number of aryl methyl sites for hydroxylation is 1. The summed E-state index contributed by atoms with van der Waals surface area (Å²) in [7, 11) is 0. The van der Waals surface area contributed by atoms with Crippen molar-refractivity contribution in [3.05, 3.63) is 82.5 Å². The van der Waals surface area contributed by atoms with Crippen LogP contribution in [0.4, 0.5) is 11.5 Å². The molecule has 0 atom stereocenters. The van der Waals surface area contributed by atoms with Gasteiger partial charge in [-0.25, -0.2) is 4.98 Å². The molecule has 142 valence electrons. The van der Waals surface area contributed by atoms with Crippen LogP contribution >= 0.6 is 15.9 Å². The molecule has 0 fully saturated rings. The molecule has 1 aromatic heterocycles. The van der Waals surface area contributed by atoms with Gasteiger partial charge in [-0.3, -0.25) is 9.59 Å². The lowest BCUT2D eigenvalue weighted by molar-refractivity contribution is -0.118. The van der Waals surface area contributed by atoms with Gasteiger partial charge in [0.25, 0.3) is 11.8 Å². The van der Waals surface area contributed by atoms with Crippen LogP contribution in [0.25, 0.3) is 0 Å². The summed E-state index contributed by atoms with van der Waals surface area (Å²) in [5.41, 5.74) is 1.97. The van der Waals surface area contributed by atoms with Gasteiger partial charge in [0.05, 0.1) is 5.56 Å². The van der Waals surface area contributed by atoms with Gasteiger partial charge in [0.15, 0.2) is 6.61 Å². The molecule has 0 aliphatic rings. The number of pyridine rings is 1. The Labute approximate surface area is 171 Å². The zero-order chi connectivity index (χ0) is 19.9. The Morgan fingerprint density at radius 2 is 1.79 bits per heavy atom. The quantitative estimate of drug-likeness (QED) is 0.595. The van der Waals surface area contributed by atoms with E-state index in [4.69, 9.17) is 4.74 Å². The predicted octanol–water partition coefficient (Wildman–Crippen LogP) is 4.42. The van der Waals surface area contributed by atoms with Gasteiger partial charge in [-0.2, -0.15) is 0 Å². The molecule has 0 bridgehead atoms. The van der Waals surface area contributed by atoms with Crippen molar-refractivity contribution in [3.63, 3.8) is 0 Å². The van der Waals surface area contributed by atoms with Crippen molar-refractivity contribution >= 4 is 39.2 Å². The van der Waals surface area contributed by atoms with E-state index >= 15 is 0 Å². The average Bonchev–Trinajstić information content (AvgIpc) is 2.68. The molecule has 0 saturated heterocycles. The number of para-hydroxylation sites is 1. The number of nitrogens with one attached hydrogen (secondary N) is 2. The molecule has 2 aromatic carbocycles. The number of rotatable bonds is 6. The van der Waals surface area contributed by atoms with E-state index in [0.29, 0.717) is 22.8 Å². The van der Waals surface area contributed by atoms with Gasteiger partial charge < -0.3 is 15.4 Å². The number of aromatic nitrogens is 1. The maximum Gasteiger partial charge on any atom is 0.262 e. The second kappa shape index (κ2) is 9.14. The lowest BCUT2D eigenvalue weighted by Crippen LogP contribution is -2.21. The third kappa shape index (κ3) is 5.40. The van der Waals surface area contributed by atoms with Gasteiger partial charge in [-0.05, 0) is 61.0 Å². The lowest BCUT2D eigenvalue weighted by Gasteiger charge is -2.12. The standard InChI is InChI=1S/C21H18BrN3O3/c1-14-10-11-23-19(12-14)25-21(27)17-4-2-3-5-18(17)28-13-20(26)24-16-8-6-15(22)7-9-16/h2-12H,13H2,1H3,(H,24,26)(H,23,25,27). The molecule has 0 spiro atoms. The highest BCUT2D eigenvalue weighted by atomic mass is 79.9. The third-order valence-electron chi connectivity index (χ3n) is 3.78. The molecule has 0 aliphatic carbocycles. The van der Waals surface area contributed by atoms with Crippen molar-refractivity contribution in [2.75, 3.05) is 17.2 Å². The fraction of sp³-hybridized carbons (Fsp3) is 0.0952. The maximum atomic E-state index is 12.6. The zero-order valence-corrected chi connectivity index (χ0v) is 16.7. The number of nitrogens with zero attached hydrogens (tertiary/aromatic N) is 1. The Morgan fingerprint density at radius 1 is 1.04 bits per heavy atom. The van der Waals surface area contributed by atoms with Crippen LogP contribution in [0.15, 0.2) is 71.3 Å². The molecule has 0 unspecified atom stereocenters. The summed E-state index contributed by atoms with van der Waals surface area (Å²) in [5, 5.41) is 5.48. The first kappa shape index (κ1) is 19.6.